The Morgan fingerprint density at radius 3 is 2.84 bits per heavy atom. The number of fused-ring (bicyclic) bond motifs is 2. The molecule has 1 aliphatic rings. The Balaban J connectivity index is 1.70. The molecule has 1 aromatic heterocycles. The van der Waals surface area contributed by atoms with E-state index in [1.807, 2.05) is 47.4 Å². The van der Waals surface area contributed by atoms with Gasteiger partial charge in [0.2, 0.25) is 0 Å². The molecule has 3 aromatic rings. The highest BCUT2D eigenvalue weighted by Gasteiger charge is 2.26. The molecule has 0 saturated carbocycles. The first-order valence-corrected chi connectivity index (χ1v) is 11.0. The number of pyridine rings is 1. The Hall–Kier alpha value is -3.56. The van der Waals surface area contributed by atoms with Crippen molar-refractivity contribution < 1.29 is 4.79 Å². The summed E-state index contributed by atoms with van der Waals surface area (Å²) >= 11 is 1.59. The van der Waals surface area contributed by atoms with Gasteiger partial charge in [0.15, 0.2) is 0 Å². The molecule has 1 aliphatic heterocycles. The number of allylic oxidation sites excluding steroid dienone is 1. The Bertz CT molecular complexity index is 1180. The van der Waals surface area contributed by atoms with Crippen LogP contribution < -0.4 is 10.2 Å². The lowest BCUT2D eigenvalue weighted by Gasteiger charge is -2.22. The fourth-order valence-corrected chi connectivity index (χ4v) is 4.48. The third-order valence-electron chi connectivity index (χ3n) is 4.90. The lowest BCUT2D eigenvalue weighted by atomic mass is 10.1. The van der Waals surface area contributed by atoms with Crippen LogP contribution in [0.4, 0.5) is 17.2 Å². The van der Waals surface area contributed by atoms with E-state index in [1.54, 1.807) is 30.1 Å². The second-order valence-corrected chi connectivity index (χ2v) is 8.21. The van der Waals surface area contributed by atoms with Crippen LogP contribution in [-0.4, -0.2) is 17.4 Å². The third kappa shape index (κ3) is 4.62. The van der Waals surface area contributed by atoms with Gasteiger partial charge in [-0.05, 0) is 48.9 Å². The number of amides is 1. The average Bonchev–Trinajstić information content (AvgIpc) is 2.91. The predicted molar refractivity (Wildman–Crippen MR) is 125 cm³/mol. The molecule has 0 saturated heterocycles. The van der Waals surface area contributed by atoms with E-state index in [1.165, 1.54) is 0 Å². The zero-order chi connectivity index (χ0) is 21.6. The fourth-order valence-electron chi connectivity index (χ4n) is 3.36. The Morgan fingerprint density at radius 2 is 2.00 bits per heavy atom. The lowest BCUT2D eigenvalue weighted by molar-refractivity contribution is 0.0987. The number of carbonyl (C=O) groups excluding carboxylic acids is 1. The van der Waals surface area contributed by atoms with Crippen LogP contribution in [0.15, 0.2) is 82.7 Å². The van der Waals surface area contributed by atoms with Gasteiger partial charge in [0, 0.05) is 28.2 Å². The molecule has 31 heavy (non-hydrogen) atoms. The van der Waals surface area contributed by atoms with Gasteiger partial charge in [-0.1, -0.05) is 49.4 Å². The Morgan fingerprint density at radius 1 is 1.13 bits per heavy atom. The molecule has 6 heteroatoms. The van der Waals surface area contributed by atoms with Crippen molar-refractivity contribution in [2.75, 3.05) is 16.8 Å². The molecule has 2 heterocycles. The maximum Gasteiger partial charge on any atom is 0.259 e. The van der Waals surface area contributed by atoms with Gasteiger partial charge in [0.1, 0.15) is 5.82 Å². The summed E-state index contributed by atoms with van der Waals surface area (Å²) in [5, 5.41) is 12.4. The van der Waals surface area contributed by atoms with Gasteiger partial charge in [-0.25, -0.2) is 4.98 Å². The van der Waals surface area contributed by atoms with Gasteiger partial charge in [-0.3, -0.25) is 4.79 Å². The maximum atomic E-state index is 13.3. The van der Waals surface area contributed by atoms with E-state index in [4.69, 9.17) is 5.26 Å². The zero-order valence-electron chi connectivity index (χ0n) is 17.2. The number of hydrogen-bond acceptors (Lipinski definition) is 5. The van der Waals surface area contributed by atoms with Gasteiger partial charge in [0.05, 0.1) is 22.9 Å². The smallest absolute Gasteiger partial charge is 0.259 e. The second kappa shape index (κ2) is 9.50. The predicted octanol–water partition coefficient (Wildman–Crippen LogP) is 6.16. The summed E-state index contributed by atoms with van der Waals surface area (Å²) in [5.74, 6) is 0.612. The summed E-state index contributed by atoms with van der Waals surface area (Å²) in [5.41, 5.74) is 3.00. The molecule has 0 bridgehead atoms. The minimum Gasteiger partial charge on any atom is -0.340 e. The number of carbonyl (C=O) groups is 1. The number of nitriles is 1. The Kier molecular flexibility index (Phi) is 6.34. The maximum absolute atomic E-state index is 13.3. The van der Waals surface area contributed by atoms with Gasteiger partial charge < -0.3 is 10.2 Å². The third-order valence-corrected chi connectivity index (χ3v) is 6.03. The number of aromatic nitrogens is 1. The van der Waals surface area contributed by atoms with Crippen LogP contribution in [0, 0.1) is 11.3 Å². The number of unbranched alkanes of at least 4 members (excludes halogenated alkanes) is 1. The van der Waals surface area contributed by atoms with E-state index in [-0.39, 0.29) is 5.91 Å². The van der Waals surface area contributed by atoms with E-state index in [2.05, 4.69) is 35.4 Å². The first kappa shape index (κ1) is 20.7. The first-order valence-electron chi connectivity index (χ1n) is 10.2. The average molecular weight is 427 g/mol. The summed E-state index contributed by atoms with van der Waals surface area (Å²) in [6.45, 7) is 2.67. The molecule has 5 nitrogen and oxygen atoms in total. The van der Waals surface area contributed by atoms with E-state index >= 15 is 0 Å². The molecule has 0 unspecified atom stereocenters. The molecule has 2 aromatic carbocycles. The fraction of sp³-hybridized carbons (Fsp3) is 0.160. The lowest BCUT2D eigenvalue weighted by Crippen LogP contribution is -2.31. The van der Waals surface area contributed by atoms with Crippen molar-refractivity contribution in [2.45, 2.75) is 29.6 Å². The number of anilines is 3. The van der Waals surface area contributed by atoms with Crippen molar-refractivity contribution in [3.8, 4) is 6.07 Å². The zero-order valence-corrected chi connectivity index (χ0v) is 18.0. The van der Waals surface area contributed by atoms with Crippen LogP contribution in [-0.2, 0) is 0 Å². The summed E-state index contributed by atoms with van der Waals surface area (Å²) in [7, 11) is 0. The van der Waals surface area contributed by atoms with Crippen LogP contribution in [0.3, 0.4) is 0 Å². The van der Waals surface area contributed by atoms with E-state index in [0.29, 0.717) is 23.5 Å². The van der Waals surface area contributed by atoms with Crippen molar-refractivity contribution in [3.63, 3.8) is 0 Å². The molecule has 1 amide bonds. The molecule has 0 radical (unpaired) electrons. The van der Waals surface area contributed by atoms with Crippen LogP contribution in [0.1, 0.15) is 35.7 Å². The summed E-state index contributed by atoms with van der Waals surface area (Å²) < 4.78 is 0. The highest BCUT2D eigenvalue weighted by atomic mass is 32.2. The van der Waals surface area contributed by atoms with Crippen LogP contribution in [0.25, 0.3) is 0 Å². The van der Waals surface area contributed by atoms with Gasteiger partial charge in [-0.15, -0.1) is 0 Å². The summed E-state index contributed by atoms with van der Waals surface area (Å²) in [4.78, 5) is 21.4. The minimum absolute atomic E-state index is 0.00657. The van der Waals surface area contributed by atoms with Gasteiger partial charge >= 0.3 is 0 Å². The quantitative estimate of drug-likeness (QED) is 0.478. The van der Waals surface area contributed by atoms with E-state index in [9.17, 15) is 4.79 Å². The first-order chi connectivity index (χ1) is 15.2. The monoisotopic (exact) mass is 426 g/mol. The summed E-state index contributed by atoms with van der Waals surface area (Å²) in [6, 6.07) is 19.2. The SMILES string of the molecule is CCC/C=C/CN1C(=O)c2ccccc2Sc2cc(Nc3cc(C#N)ccn3)ccc21. The van der Waals surface area contributed by atoms with E-state index in [0.717, 1.165) is 34.0 Å². The van der Waals surface area contributed by atoms with Crippen molar-refractivity contribution in [1.29, 1.82) is 5.26 Å². The highest BCUT2D eigenvalue weighted by Crippen LogP contribution is 2.42. The highest BCUT2D eigenvalue weighted by molar-refractivity contribution is 7.99. The molecule has 0 fully saturated rings. The summed E-state index contributed by atoms with van der Waals surface area (Å²) in [6.07, 6.45) is 7.87. The molecular formula is C25H22N4OS. The number of rotatable bonds is 6. The van der Waals surface area contributed by atoms with Crippen LogP contribution in [0.5, 0.6) is 0 Å². The molecule has 1 N–H and O–H groups in total. The molecule has 0 spiro atoms. The van der Waals surface area contributed by atoms with Gasteiger partial charge in [0.25, 0.3) is 5.91 Å². The molecule has 4 rings (SSSR count). The molecule has 0 atom stereocenters. The number of benzene rings is 2. The number of nitrogens with zero attached hydrogens (tertiary/aromatic N) is 3. The van der Waals surface area contributed by atoms with Crippen molar-refractivity contribution in [1.82, 2.24) is 4.98 Å². The largest absolute Gasteiger partial charge is 0.340 e. The van der Waals surface area contributed by atoms with Gasteiger partial charge in [-0.2, -0.15) is 5.26 Å². The Labute approximate surface area is 186 Å². The molecular weight excluding hydrogens is 404 g/mol. The standard InChI is InChI=1S/C25H22N4OS/c1-2-3-4-7-14-29-21-11-10-19(28-24-15-18(17-26)12-13-27-24)16-23(21)31-22-9-6-5-8-20(22)25(29)30/h4-13,15-16H,2-3,14H2,1H3,(H,27,28)/b7-4+. The number of hydrogen-bond donors (Lipinski definition) is 1. The van der Waals surface area contributed by atoms with Crippen molar-refractivity contribution in [3.05, 3.63) is 84.1 Å². The van der Waals surface area contributed by atoms with E-state index < -0.39 is 0 Å². The van der Waals surface area contributed by atoms with Crippen LogP contribution in [0.2, 0.25) is 0 Å². The second-order valence-electron chi connectivity index (χ2n) is 7.12. The number of nitrogens with one attached hydrogen (secondary N) is 1. The molecule has 0 aliphatic carbocycles. The topological polar surface area (TPSA) is 69.0 Å². The van der Waals surface area contributed by atoms with Crippen molar-refractivity contribution in [2.24, 2.45) is 0 Å². The van der Waals surface area contributed by atoms with Crippen LogP contribution >= 0.6 is 11.8 Å². The normalized spacial score (nSPS) is 12.8. The van der Waals surface area contributed by atoms with Crippen molar-refractivity contribution >= 4 is 34.9 Å². The minimum atomic E-state index is 0.00657. The molecule has 154 valence electrons.